The van der Waals surface area contributed by atoms with Crippen molar-refractivity contribution in [1.29, 1.82) is 0 Å². The van der Waals surface area contributed by atoms with Crippen molar-refractivity contribution in [3.05, 3.63) is 46.0 Å². The minimum Gasteiger partial charge on any atom is -0.493 e. The Balaban J connectivity index is 1.49. The van der Waals surface area contributed by atoms with Gasteiger partial charge < -0.3 is 24.3 Å². The highest BCUT2D eigenvalue weighted by Gasteiger charge is 2.26. The summed E-state index contributed by atoms with van der Waals surface area (Å²) >= 11 is 0. The molecule has 1 N–H and O–H groups in total. The van der Waals surface area contributed by atoms with Crippen LogP contribution < -0.4 is 25.2 Å². The SMILES string of the molecule is COc1cc(C(=O)NC2CCCN(c3nccn(C)c3=O)C2)cc2c1OCC2. The maximum absolute atomic E-state index is 12.8. The van der Waals surface area contributed by atoms with Gasteiger partial charge in [0.05, 0.1) is 13.7 Å². The van der Waals surface area contributed by atoms with Crippen molar-refractivity contribution in [2.45, 2.75) is 25.3 Å². The lowest BCUT2D eigenvalue weighted by molar-refractivity contribution is 0.0932. The molecule has 4 rings (SSSR count). The van der Waals surface area contributed by atoms with Gasteiger partial charge in [0, 0.05) is 56.1 Å². The van der Waals surface area contributed by atoms with Crippen LogP contribution in [-0.4, -0.2) is 48.3 Å². The number of anilines is 1. The summed E-state index contributed by atoms with van der Waals surface area (Å²) in [5.41, 5.74) is 1.43. The van der Waals surface area contributed by atoms with E-state index in [1.807, 2.05) is 11.0 Å². The minimum atomic E-state index is -0.145. The number of nitrogens with zero attached hydrogens (tertiary/aromatic N) is 3. The van der Waals surface area contributed by atoms with Crippen LogP contribution in [-0.2, 0) is 13.5 Å². The summed E-state index contributed by atoms with van der Waals surface area (Å²) in [6, 6.07) is 3.53. The number of aryl methyl sites for hydroxylation is 1. The van der Waals surface area contributed by atoms with Crippen LogP contribution in [0.4, 0.5) is 5.82 Å². The van der Waals surface area contributed by atoms with Crippen LogP contribution in [0.1, 0.15) is 28.8 Å². The molecule has 148 valence electrons. The number of nitrogens with one attached hydrogen (secondary N) is 1. The smallest absolute Gasteiger partial charge is 0.293 e. The van der Waals surface area contributed by atoms with Gasteiger partial charge >= 0.3 is 0 Å². The Kier molecular flexibility index (Phi) is 4.93. The molecule has 2 aliphatic rings. The topological polar surface area (TPSA) is 85.7 Å². The van der Waals surface area contributed by atoms with E-state index in [2.05, 4.69) is 10.3 Å². The average molecular weight is 384 g/mol. The minimum absolute atomic E-state index is 0.0524. The number of ether oxygens (including phenoxy) is 2. The Morgan fingerprint density at radius 3 is 3.07 bits per heavy atom. The molecule has 0 aliphatic carbocycles. The lowest BCUT2D eigenvalue weighted by Gasteiger charge is -2.33. The number of piperidine rings is 1. The zero-order chi connectivity index (χ0) is 19.7. The summed E-state index contributed by atoms with van der Waals surface area (Å²) in [5, 5.41) is 3.10. The van der Waals surface area contributed by atoms with E-state index in [9.17, 15) is 9.59 Å². The van der Waals surface area contributed by atoms with Gasteiger partial charge in [-0.15, -0.1) is 0 Å². The van der Waals surface area contributed by atoms with Crippen LogP contribution in [0.15, 0.2) is 29.3 Å². The summed E-state index contributed by atoms with van der Waals surface area (Å²) in [6.45, 7) is 1.92. The number of benzene rings is 1. The lowest BCUT2D eigenvalue weighted by atomic mass is 10.0. The highest BCUT2D eigenvalue weighted by atomic mass is 16.5. The molecule has 1 aromatic carbocycles. The quantitative estimate of drug-likeness (QED) is 0.850. The van der Waals surface area contributed by atoms with Gasteiger partial charge in [-0.3, -0.25) is 9.59 Å². The third-order valence-electron chi connectivity index (χ3n) is 5.29. The second-order valence-electron chi connectivity index (χ2n) is 7.19. The number of fused-ring (bicyclic) bond motifs is 1. The van der Waals surface area contributed by atoms with Crippen LogP contribution in [0.2, 0.25) is 0 Å². The van der Waals surface area contributed by atoms with E-state index in [0.717, 1.165) is 37.1 Å². The first-order valence-corrected chi connectivity index (χ1v) is 9.48. The van der Waals surface area contributed by atoms with Gasteiger partial charge in [-0.25, -0.2) is 4.98 Å². The molecule has 0 bridgehead atoms. The second-order valence-corrected chi connectivity index (χ2v) is 7.19. The van der Waals surface area contributed by atoms with Crippen LogP contribution in [0.3, 0.4) is 0 Å². The highest BCUT2D eigenvalue weighted by molar-refractivity contribution is 5.95. The van der Waals surface area contributed by atoms with Crippen molar-refractivity contribution in [3.8, 4) is 11.5 Å². The van der Waals surface area contributed by atoms with Crippen LogP contribution in [0.5, 0.6) is 11.5 Å². The summed E-state index contributed by atoms with van der Waals surface area (Å²) in [4.78, 5) is 31.4. The molecule has 1 saturated heterocycles. The van der Waals surface area contributed by atoms with Gasteiger partial charge in [-0.2, -0.15) is 0 Å². The van der Waals surface area contributed by atoms with Crippen molar-refractivity contribution >= 4 is 11.7 Å². The van der Waals surface area contributed by atoms with Crippen LogP contribution in [0.25, 0.3) is 0 Å². The van der Waals surface area contributed by atoms with Crippen molar-refractivity contribution in [2.24, 2.45) is 7.05 Å². The number of amides is 1. The second kappa shape index (κ2) is 7.53. The van der Waals surface area contributed by atoms with Crippen molar-refractivity contribution in [3.63, 3.8) is 0 Å². The first-order chi connectivity index (χ1) is 13.6. The first kappa shape index (κ1) is 18.3. The fourth-order valence-electron chi connectivity index (χ4n) is 3.81. The molecular weight excluding hydrogens is 360 g/mol. The van der Waals surface area contributed by atoms with E-state index in [1.54, 1.807) is 32.6 Å². The molecule has 3 heterocycles. The van der Waals surface area contributed by atoms with E-state index in [1.165, 1.54) is 4.57 Å². The molecule has 28 heavy (non-hydrogen) atoms. The Bertz CT molecular complexity index is 956. The zero-order valence-electron chi connectivity index (χ0n) is 16.1. The molecule has 1 aromatic heterocycles. The average Bonchev–Trinajstić information content (AvgIpc) is 3.18. The largest absolute Gasteiger partial charge is 0.493 e. The van der Waals surface area contributed by atoms with Crippen LogP contribution >= 0.6 is 0 Å². The van der Waals surface area contributed by atoms with Crippen molar-refractivity contribution in [1.82, 2.24) is 14.9 Å². The fraction of sp³-hybridized carbons (Fsp3) is 0.450. The summed E-state index contributed by atoms with van der Waals surface area (Å²) in [5.74, 6) is 1.60. The molecule has 2 aliphatic heterocycles. The number of hydrogen-bond donors (Lipinski definition) is 1. The van der Waals surface area contributed by atoms with Gasteiger partial charge in [0.25, 0.3) is 11.5 Å². The van der Waals surface area contributed by atoms with E-state index in [4.69, 9.17) is 9.47 Å². The highest BCUT2D eigenvalue weighted by Crippen LogP contribution is 2.36. The summed E-state index contributed by atoms with van der Waals surface area (Å²) in [6.07, 6.45) is 5.78. The number of aromatic nitrogens is 2. The zero-order valence-corrected chi connectivity index (χ0v) is 16.1. The Labute approximate surface area is 163 Å². The van der Waals surface area contributed by atoms with Gasteiger partial charge in [0.1, 0.15) is 0 Å². The van der Waals surface area contributed by atoms with E-state index in [0.29, 0.717) is 30.3 Å². The molecular formula is C20H24N4O4. The monoisotopic (exact) mass is 384 g/mol. The molecule has 1 atom stereocenters. The van der Waals surface area contributed by atoms with Gasteiger partial charge in [-0.1, -0.05) is 0 Å². The molecule has 2 aromatic rings. The number of hydrogen-bond acceptors (Lipinski definition) is 6. The third-order valence-corrected chi connectivity index (χ3v) is 5.29. The summed E-state index contributed by atoms with van der Waals surface area (Å²) < 4.78 is 12.5. The number of carbonyl (C=O) groups is 1. The van der Waals surface area contributed by atoms with E-state index < -0.39 is 0 Å². The van der Waals surface area contributed by atoms with Crippen molar-refractivity contribution < 1.29 is 14.3 Å². The number of carbonyl (C=O) groups excluding carboxylic acids is 1. The van der Waals surface area contributed by atoms with Crippen LogP contribution in [0, 0.1) is 0 Å². The predicted molar refractivity (Wildman–Crippen MR) is 104 cm³/mol. The predicted octanol–water partition coefficient (Wildman–Crippen LogP) is 1.12. The molecule has 8 nitrogen and oxygen atoms in total. The van der Waals surface area contributed by atoms with E-state index >= 15 is 0 Å². The maximum atomic E-state index is 12.8. The fourth-order valence-corrected chi connectivity index (χ4v) is 3.81. The Morgan fingerprint density at radius 1 is 1.39 bits per heavy atom. The molecule has 1 fully saturated rings. The molecule has 0 radical (unpaired) electrons. The van der Waals surface area contributed by atoms with Gasteiger partial charge in [0.15, 0.2) is 17.3 Å². The summed E-state index contributed by atoms with van der Waals surface area (Å²) in [7, 11) is 3.28. The Hall–Kier alpha value is -3.03. The molecule has 8 heteroatoms. The molecule has 0 saturated carbocycles. The third kappa shape index (κ3) is 3.42. The maximum Gasteiger partial charge on any atom is 0.293 e. The first-order valence-electron chi connectivity index (χ1n) is 9.48. The normalized spacial score (nSPS) is 18.4. The molecule has 1 amide bonds. The number of methoxy groups -OCH3 is 1. The lowest BCUT2D eigenvalue weighted by Crippen LogP contribution is -2.49. The molecule has 0 spiro atoms. The molecule has 1 unspecified atom stereocenters. The van der Waals surface area contributed by atoms with E-state index in [-0.39, 0.29) is 17.5 Å². The Morgan fingerprint density at radius 2 is 2.25 bits per heavy atom. The van der Waals surface area contributed by atoms with Gasteiger partial charge in [0.2, 0.25) is 0 Å². The standard InChI is InChI=1S/C20H24N4O4/c1-23-8-6-21-18(20(23)26)24-7-3-4-15(12-24)22-19(25)14-10-13-5-9-28-17(13)16(11-14)27-2/h6,8,10-11,15H,3-5,7,9,12H2,1-2H3,(H,22,25). The van der Waals surface area contributed by atoms with Crippen molar-refractivity contribution in [2.75, 3.05) is 31.7 Å². The van der Waals surface area contributed by atoms with Gasteiger partial charge in [-0.05, 0) is 25.0 Å². The number of rotatable bonds is 4.